The Bertz CT molecular complexity index is 1460. The van der Waals surface area contributed by atoms with Crippen LogP contribution in [0.5, 0.6) is 0 Å². The maximum Gasteiger partial charge on any atom is 0.417 e. The van der Waals surface area contributed by atoms with Crippen molar-refractivity contribution in [2.75, 3.05) is 10.8 Å². The van der Waals surface area contributed by atoms with E-state index in [4.69, 9.17) is 11.6 Å². The highest BCUT2D eigenvalue weighted by atomic mass is 35.5. The summed E-state index contributed by atoms with van der Waals surface area (Å²) in [5, 5.41) is 2.20. The Morgan fingerprint density at radius 3 is 2.10 bits per heavy atom. The molecule has 0 aliphatic heterocycles. The molecule has 0 fully saturated rings. The molecule has 7 nitrogen and oxygen atoms in total. The van der Waals surface area contributed by atoms with Crippen LogP contribution in [-0.2, 0) is 32.3 Å². The lowest BCUT2D eigenvalue weighted by atomic mass is 10.1. The highest BCUT2D eigenvalue weighted by Crippen LogP contribution is 2.38. The highest BCUT2D eigenvalue weighted by Gasteiger charge is 2.37. The topological polar surface area (TPSA) is 86.8 Å². The van der Waals surface area contributed by atoms with E-state index in [0.29, 0.717) is 22.4 Å². The van der Waals surface area contributed by atoms with Crippen LogP contribution in [0.15, 0.2) is 83.8 Å². The molecule has 0 spiro atoms. The molecule has 41 heavy (non-hydrogen) atoms. The first-order valence-corrected chi connectivity index (χ1v) is 14.7. The second-order valence-electron chi connectivity index (χ2n) is 9.49. The first-order chi connectivity index (χ1) is 19.3. The van der Waals surface area contributed by atoms with Crippen LogP contribution in [-0.4, -0.2) is 43.8 Å². The predicted octanol–water partition coefficient (Wildman–Crippen LogP) is 5.89. The number of hydrogen-bond donors (Lipinski definition) is 1. The van der Waals surface area contributed by atoms with Crippen LogP contribution in [0.4, 0.5) is 18.9 Å². The van der Waals surface area contributed by atoms with E-state index in [1.165, 1.54) is 36.1 Å². The van der Waals surface area contributed by atoms with Gasteiger partial charge in [-0.05, 0) is 56.2 Å². The number of halogens is 4. The molecule has 0 bridgehead atoms. The van der Waals surface area contributed by atoms with Gasteiger partial charge in [-0.25, -0.2) is 8.42 Å². The van der Waals surface area contributed by atoms with E-state index in [1.807, 2.05) is 6.92 Å². The number of benzene rings is 3. The van der Waals surface area contributed by atoms with Gasteiger partial charge in [0, 0.05) is 12.6 Å². The molecule has 220 valence electrons. The molecule has 2 amide bonds. The number of hydrogen-bond acceptors (Lipinski definition) is 4. The number of amides is 2. The highest BCUT2D eigenvalue weighted by molar-refractivity contribution is 7.92. The number of rotatable bonds is 11. The summed E-state index contributed by atoms with van der Waals surface area (Å²) < 4.78 is 69.2. The minimum absolute atomic E-state index is 0.0393. The van der Waals surface area contributed by atoms with Gasteiger partial charge in [-0.2, -0.15) is 13.2 Å². The lowest BCUT2D eigenvalue weighted by Crippen LogP contribution is -2.52. The largest absolute Gasteiger partial charge is 0.417 e. The number of alkyl halides is 3. The van der Waals surface area contributed by atoms with Gasteiger partial charge < -0.3 is 10.2 Å². The van der Waals surface area contributed by atoms with Crippen LogP contribution in [0, 0.1) is 0 Å². The van der Waals surface area contributed by atoms with Gasteiger partial charge >= 0.3 is 6.18 Å². The number of carbonyl (C=O) groups excluding carboxylic acids is 2. The van der Waals surface area contributed by atoms with Gasteiger partial charge in [0.05, 0.1) is 21.2 Å². The van der Waals surface area contributed by atoms with Crippen molar-refractivity contribution in [1.29, 1.82) is 0 Å². The molecule has 0 aliphatic carbocycles. The van der Waals surface area contributed by atoms with E-state index in [0.717, 1.165) is 12.1 Å². The molecule has 0 saturated heterocycles. The van der Waals surface area contributed by atoms with Crippen LogP contribution in [0.25, 0.3) is 0 Å². The zero-order valence-electron chi connectivity index (χ0n) is 22.7. The van der Waals surface area contributed by atoms with Crippen LogP contribution in [0.2, 0.25) is 5.02 Å². The van der Waals surface area contributed by atoms with Gasteiger partial charge in [0.2, 0.25) is 11.8 Å². The molecule has 1 N–H and O–H groups in total. The van der Waals surface area contributed by atoms with Crippen LogP contribution in [0.1, 0.15) is 38.3 Å². The van der Waals surface area contributed by atoms with Gasteiger partial charge in [-0.15, -0.1) is 0 Å². The van der Waals surface area contributed by atoms with Gasteiger partial charge in [0.1, 0.15) is 12.6 Å². The molecule has 2 unspecified atom stereocenters. The van der Waals surface area contributed by atoms with Crippen LogP contribution >= 0.6 is 11.6 Å². The third kappa shape index (κ3) is 8.01. The van der Waals surface area contributed by atoms with Crippen molar-refractivity contribution in [3.05, 3.63) is 95.0 Å². The van der Waals surface area contributed by atoms with E-state index in [1.54, 1.807) is 43.3 Å². The van der Waals surface area contributed by atoms with Gasteiger partial charge in [-0.3, -0.25) is 13.9 Å². The lowest BCUT2D eigenvalue weighted by molar-refractivity contribution is -0.139. The third-order valence-electron chi connectivity index (χ3n) is 6.52. The van der Waals surface area contributed by atoms with Gasteiger partial charge in [-0.1, -0.05) is 67.1 Å². The molecule has 0 heterocycles. The normalized spacial score (nSPS) is 13.2. The van der Waals surface area contributed by atoms with Crippen molar-refractivity contribution in [1.82, 2.24) is 10.2 Å². The summed E-state index contributed by atoms with van der Waals surface area (Å²) in [7, 11) is -4.52. The summed E-state index contributed by atoms with van der Waals surface area (Å²) >= 11 is 5.79. The quantitative estimate of drug-likeness (QED) is 0.294. The Morgan fingerprint density at radius 1 is 0.951 bits per heavy atom. The molecule has 0 aromatic heterocycles. The summed E-state index contributed by atoms with van der Waals surface area (Å²) in [4.78, 5) is 27.9. The molecular formula is C29H31ClF3N3O4S. The fourth-order valence-corrected chi connectivity index (χ4v) is 5.61. The predicted molar refractivity (Wildman–Crippen MR) is 152 cm³/mol. The van der Waals surface area contributed by atoms with E-state index < -0.39 is 56.9 Å². The van der Waals surface area contributed by atoms with E-state index >= 15 is 0 Å². The minimum atomic E-state index is -4.87. The SMILES string of the molecule is CCC(C)NC(=O)C(C)N(Cc1ccccc1)C(=O)CN(c1ccc(Cl)c(C(F)(F)F)c1)S(=O)(=O)c1ccccc1. The molecule has 3 rings (SSSR count). The van der Waals surface area contributed by atoms with E-state index in [2.05, 4.69) is 5.32 Å². The first kappa shape index (κ1) is 32.0. The molecule has 0 radical (unpaired) electrons. The number of sulfonamides is 1. The second-order valence-corrected chi connectivity index (χ2v) is 11.8. The number of nitrogens with zero attached hydrogens (tertiary/aromatic N) is 2. The van der Waals surface area contributed by atoms with Crippen LogP contribution in [0.3, 0.4) is 0 Å². The van der Waals surface area contributed by atoms with Crippen molar-refractivity contribution < 1.29 is 31.2 Å². The zero-order chi connectivity index (χ0) is 30.4. The van der Waals surface area contributed by atoms with E-state index in [-0.39, 0.29) is 17.5 Å². The monoisotopic (exact) mass is 609 g/mol. The molecule has 3 aromatic carbocycles. The average Bonchev–Trinajstić information content (AvgIpc) is 2.94. The van der Waals surface area contributed by atoms with E-state index in [9.17, 15) is 31.2 Å². The Labute approximate surface area is 243 Å². The minimum Gasteiger partial charge on any atom is -0.352 e. The maximum absolute atomic E-state index is 13.9. The molecule has 0 aliphatic rings. The molecule has 3 aromatic rings. The Kier molecular flexibility index (Phi) is 10.4. The van der Waals surface area contributed by atoms with Gasteiger partial charge in [0.15, 0.2) is 0 Å². The summed E-state index contributed by atoms with van der Waals surface area (Å²) in [5.74, 6) is -1.24. The second kappa shape index (κ2) is 13.4. The summed E-state index contributed by atoms with van der Waals surface area (Å²) in [6.07, 6.45) is -4.23. The van der Waals surface area contributed by atoms with Crippen LogP contribution < -0.4 is 9.62 Å². The maximum atomic E-state index is 13.9. The van der Waals surface area contributed by atoms with Crippen molar-refractivity contribution >= 4 is 39.1 Å². The van der Waals surface area contributed by atoms with Crippen molar-refractivity contribution in [3.8, 4) is 0 Å². The molecule has 2 atom stereocenters. The average molecular weight is 610 g/mol. The van der Waals surface area contributed by atoms with Crippen molar-refractivity contribution in [3.63, 3.8) is 0 Å². The number of carbonyl (C=O) groups is 2. The smallest absolute Gasteiger partial charge is 0.352 e. The number of anilines is 1. The Balaban J connectivity index is 2.09. The van der Waals surface area contributed by atoms with Gasteiger partial charge in [0.25, 0.3) is 10.0 Å². The molecule has 0 saturated carbocycles. The third-order valence-corrected chi connectivity index (χ3v) is 8.64. The van der Waals surface area contributed by atoms with Crippen molar-refractivity contribution in [2.45, 2.75) is 56.9 Å². The zero-order valence-corrected chi connectivity index (χ0v) is 24.3. The fourth-order valence-electron chi connectivity index (χ4n) is 3.96. The summed E-state index contributed by atoms with van der Waals surface area (Å²) in [6, 6.07) is 17.2. The molecular weight excluding hydrogens is 579 g/mol. The summed E-state index contributed by atoms with van der Waals surface area (Å²) in [5.41, 5.74) is -0.984. The van der Waals surface area contributed by atoms with Crippen molar-refractivity contribution in [2.24, 2.45) is 0 Å². The fraction of sp³-hybridized carbons (Fsp3) is 0.310. The standard InChI is InChI=1S/C29H31ClF3N3O4S/c1-4-20(2)34-28(38)21(3)35(18-22-11-7-5-8-12-22)27(37)19-36(41(39,40)24-13-9-6-10-14-24)23-15-16-26(30)25(17-23)29(31,32)33/h5-17,20-21H,4,18-19H2,1-3H3,(H,34,38). The Morgan fingerprint density at radius 2 is 1.54 bits per heavy atom. The molecule has 12 heteroatoms. The Hall–Kier alpha value is -3.57. The summed E-state index contributed by atoms with van der Waals surface area (Å²) in [6.45, 7) is 4.29. The number of nitrogens with one attached hydrogen (secondary N) is 1. The first-order valence-electron chi connectivity index (χ1n) is 12.8. The lowest BCUT2D eigenvalue weighted by Gasteiger charge is -2.32.